The highest BCUT2D eigenvalue weighted by atomic mass is 16.4. The molecule has 0 radical (unpaired) electrons. The van der Waals surface area contributed by atoms with E-state index < -0.39 is 12.2 Å². The standard InChI is InChI=1S/C7H13N3O.C2H4O2/c8-6-9-5(11)7(10-6)3-1-2-4-7;1-2(3)4/h5,11H,1-4H2,(H3,8,9,10);1H3,(H,3,4). The van der Waals surface area contributed by atoms with Crippen LogP contribution >= 0.6 is 0 Å². The minimum Gasteiger partial charge on any atom is -0.481 e. The number of hydrogen-bond acceptors (Lipinski definition) is 5. The number of carbonyl (C=O) groups is 1. The summed E-state index contributed by atoms with van der Waals surface area (Å²) in [4.78, 5) is 12.9. The molecule has 1 unspecified atom stereocenters. The van der Waals surface area contributed by atoms with Crippen LogP contribution in [-0.4, -0.2) is 33.9 Å². The number of nitrogens with two attached hydrogens (primary N) is 1. The second-order valence-corrected chi connectivity index (χ2v) is 3.90. The third-order valence-corrected chi connectivity index (χ3v) is 2.63. The van der Waals surface area contributed by atoms with E-state index in [4.69, 9.17) is 15.6 Å². The molecule has 0 saturated heterocycles. The molecule has 1 heterocycles. The minimum absolute atomic E-state index is 0.204. The summed E-state index contributed by atoms with van der Waals surface area (Å²) in [5.41, 5.74) is 5.25. The molecule has 1 saturated carbocycles. The van der Waals surface area contributed by atoms with Crippen LogP contribution < -0.4 is 11.1 Å². The van der Waals surface area contributed by atoms with Crippen molar-refractivity contribution in [3.63, 3.8) is 0 Å². The largest absolute Gasteiger partial charge is 0.481 e. The van der Waals surface area contributed by atoms with E-state index in [1.165, 1.54) is 0 Å². The van der Waals surface area contributed by atoms with Gasteiger partial charge in [-0.2, -0.15) is 0 Å². The molecule has 1 aliphatic carbocycles. The molecule has 1 spiro atoms. The maximum absolute atomic E-state index is 9.52. The van der Waals surface area contributed by atoms with Gasteiger partial charge in [-0.05, 0) is 12.8 Å². The van der Waals surface area contributed by atoms with Crippen molar-refractivity contribution in [1.29, 1.82) is 0 Å². The molecule has 0 aromatic carbocycles. The summed E-state index contributed by atoms with van der Waals surface area (Å²) in [5, 5.41) is 20.0. The van der Waals surface area contributed by atoms with Crippen molar-refractivity contribution < 1.29 is 15.0 Å². The lowest BCUT2D eigenvalue weighted by molar-refractivity contribution is -0.134. The highest BCUT2D eigenvalue weighted by Crippen LogP contribution is 2.35. The van der Waals surface area contributed by atoms with Gasteiger partial charge in [-0.25, -0.2) is 4.99 Å². The van der Waals surface area contributed by atoms with Crippen LogP contribution in [0.3, 0.4) is 0 Å². The molecule has 86 valence electrons. The van der Waals surface area contributed by atoms with Crippen LogP contribution in [0.5, 0.6) is 0 Å². The molecule has 6 heteroatoms. The summed E-state index contributed by atoms with van der Waals surface area (Å²) >= 11 is 0. The molecule has 1 atom stereocenters. The Morgan fingerprint density at radius 3 is 2.40 bits per heavy atom. The molecule has 0 bridgehead atoms. The van der Waals surface area contributed by atoms with Gasteiger partial charge in [0.15, 0.2) is 12.2 Å². The second kappa shape index (κ2) is 4.48. The fourth-order valence-electron chi connectivity index (χ4n) is 2.00. The van der Waals surface area contributed by atoms with Crippen molar-refractivity contribution >= 4 is 11.9 Å². The lowest BCUT2D eigenvalue weighted by Gasteiger charge is -2.26. The van der Waals surface area contributed by atoms with E-state index >= 15 is 0 Å². The Hall–Kier alpha value is -1.30. The van der Waals surface area contributed by atoms with Crippen LogP contribution in [0.15, 0.2) is 4.99 Å². The van der Waals surface area contributed by atoms with Gasteiger partial charge in [0.05, 0.1) is 5.54 Å². The normalized spacial score (nSPS) is 26.5. The maximum atomic E-state index is 9.52. The Morgan fingerprint density at radius 1 is 1.60 bits per heavy atom. The van der Waals surface area contributed by atoms with Crippen molar-refractivity contribution in [2.24, 2.45) is 10.7 Å². The zero-order valence-electron chi connectivity index (χ0n) is 8.73. The molecule has 0 amide bonds. The summed E-state index contributed by atoms with van der Waals surface area (Å²) in [7, 11) is 0. The van der Waals surface area contributed by atoms with Crippen LogP contribution in [0.25, 0.3) is 0 Å². The third kappa shape index (κ3) is 2.82. The molecule has 2 rings (SSSR count). The number of aliphatic imine (C=N–C) groups is 1. The molecule has 15 heavy (non-hydrogen) atoms. The average Bonchev–Trinajstić information content (AvgIpc) is 2.61. The number of aliphatic hydroxyl groups is 1. The summed E-state index contributed by atoms with van der Waals surface area (Å²) in [6.45, 7) is 1.08. The SMILES string of the molecule is CC(=O)O.NC1=NC(O)C2(CCCC2)N1. The van der Waals surface area contributed by atoms with Crippen LogP contribution in [0, 0.1) is 0 Å². The van der Waals surface area contributed by atoms with Crippen LogP contribution in [0.1, 0.15) is 32.6 Å². The molecule has 0 aromatic rings. The zero-order chi connectivity index (χ0) is 11.5. The molecule has 6 nitrogen and oxygen atoms in total. The molecule has 2 aliphatic rings. The van der Waals surface area contributed by atoms with Gasteiger partial charge in [0.25, 0.3) is 5.97 Å². The first-order valence-electron chi connectivity index (χ1n) is 4.95. The quantitative estimate of drug-likeness (QED) is 0.441. The Bertz CT molecular complexity index is 268. The number of guanidine groups is 1. The highest BCUT2D eigenvalue weighted by molar-refractivity contribution is 5.81. The summed E-state index contributed by atoms with van der Waals surface area (Å²) in [5.74, 6) is -0.445. The monoisotopic (exact) mass is 215 g/mol. The predicted octanol–water partition coefficient (Wildman–Crippen LogP) is -0.374. The highest BCUT2D eigenvalue weighted by Gasteiger charge is 2.44. The fourth-order valence-corrected chi connectivity index (χ4v) is 2.00. The number of hydrogen-bond donors (Lipinski definition) is 4. The van der Waals surface area contributed by atoms with Crippen molar-refractivity contribution in [1.82, 2.24) is 5.32 Å². The number of rotatable bonds is 0. The first-order valence-corrected chi connectivity index (χ1v) is 4.95. The number of nitrogens with one attached hydrogen (secondary N) is 1. The number of nitrogens with zero attached hydrogens (tertiary/aromatic N) is 1. The number of aliphatic carboxylic acids is 1. The Morgan fingerprint density at radius 2 is 2.07 bits per heavy atom. The average molecular weight is 215 g/mol. The summed E-state index contributed by atoms with van der Waals surface area (Å²) in [6.07, 6.45) is 3.67. The number of aliphatic hydroxyl groups excluding tert-OH is 1. The van der Waals surface area contributed by atoms with E-state index in [-0.39, 0.29) is 5.54 Å². The Balaban J connectivity index is 0.000000245. The topological polar surface area (TPSA) is 108 Å². The van der Waals surface area contributed by atoms with Crippen LogP contribution in [0.2, 0.25) is 0 Å². The first kappa shape index (κ1) is 11.8. The molecular weight excluding hydrogens is 198 g/mol. The smallest absolute Gasteiger partial charge is 0.300 e. The zero-order valence-corrected chi connectivity index (χ0v) is 8.73. The molecule has 1 fully saturated rings. The van der Waals surface area contributed by atoms with E-state index in [2.05, 4.69) is 10.3 Å². The second-order valence-electron chi connectivity index (χ2n) is 3.90. The van der Waals surface area contributed by atoms with Gasteiger partial charge in [-0.3, -0.25) is 4.79 Å². The van der Waals surface area contributed by atoms with Crippen LogP contribution in [-0.2, 0) is 4.79 Å². The first-order chi connectivity index (χ1) is 6.96. The van der Waals surface area contributed by atoms with Gasteiger partial charge < -0.3 is 21.3 Å². The van der Waals surface area contributed by atoms with Gasteiger partial charge in [-0.1, -0.05) is 12.8 Å². The van der Waals surface area contributed by atoms with E-state index in [0.717, 1.165) is 32.6 Å². The predicted molar refractivity (Wildman–Crippen MR) is 55.3 cm³/mol. The number of carboxylic acids is 1. The lowest BCUT2D eigenvalue weighted by atomic mass is 9.97. The van der Waals surface area contributed by atoms with E-state index in [1.807, 2.05) is 0 Å². The summed E-state index contributed by atoms with van der Waals surface area (Å²) < 4.78 is 0. The van der Waals surface area contributed by atoms with Gasteiger partial charge in [-0.15, -0.1) is 0 Å². The van der Waals surface area contributed by atoms with Crippen molar-refractivity contribution in [3.8, 4) is 0 Å². The molecule has 0 aromatic heterocycles. The molecule has 5 N–H and O–H groups in total. The Kier molecular flexibility index (Phi) is 3.52. The lowest BCUT2D eigenvalue weighted by Crippen LogP contribution is -2.49. The molecular formula is C9H17N3O3. The van der Waals surface area contributed by atoms with Gasteiger partial charge in [0.1, 0.15) is 0 Å². The fraction of sp³-hybridized carbons (Fsp3) is 0.778. The van der Waals surface area contributed by atoms with Gasteiger partial charge >= 0.3 is 0 Å². The van der Waals surface area contributed by atoms with Crippen molar-refractivity contribution in [2.75, 3.05) is 0 Å². The summed E-state index contributed by atoms with van der Waals surface area (Å²) in [6, 6.07) is 0. The number of carboxylic acid groups (broad SMARTS) is 1. The van der Waals surface area contributed by atoms with E-state index in [9.17, 15) is 5.11 Å². The van der Waals surface area contributed by atoms with E-state index in [1.54, 1.807) is 0 Å². The van der Waals surface area contributed by atoms with Gasteiger partial charge in [0, 0.05) is 6.92 Å². The Labute approximate surface area is 88.2 Å². The van der Waals surface area contributed by atoms with E-state index in [0.29, 0.717) is 5.96 Å². The van der Waals surface area contributed by atoms with Crippen molar-refractivity contribution in [3.05, 3.63) is 0 Å². The third-order valence-electron chi connectivity index (χ3n) is 2.63. The molecule has 1 aliphatic heterocycles. The van der Waals surface area contributed by atoms with Gasteiger partial charge in [0.2, 0.25) is 0 Å². The maximum Gasteiger partial charge on any atom is 0.300 e. The van der Waals surface area contributed by atoms with Crippen molar-refractivity contribution in [2.45, 2.75) is 44.4 Å². The minimum atomic E-state index is -0.833. The van der Waals surface area contributed by atoms with Crippen LogP contribution in [0.4, 0.5) is 0 Å².